The number of halogens is 1. The number of carbonyl (C=O) groups is 3. The van der Waals surface area contributed by atoms with Gasteiger partial charge in [0.25, 0.3) is 11.8 Å². The number of fused-ring (bicyclic) bond motifs is 4. The van der Waals surface area contributed by atoms with Gasteiger partial charge in [-0.15, -0.1) is 0 Å². The van der Waals surface area contributed by atoms with Gasteiger partial charge in [0.05, 0.1) is 22.2 Å². The van der Waals surface area contributed by atoms with Crippen molar-refractivity contribution in [3.8, 4) is 0 Å². The third-order valence-corrected chi connectivity index (χ3v) is 5.92. The van der Waals surface area contributed by atoms with Gasteiger partial charge in [-0.2, -0.15) is 0 Å². The van der Waals surface area contributed by atoms with Crippen molar-refractivity contribution in [3.05, 3.63) is 58.1 Å². The lowest BCUT2D eigenvalue weighted by Gasteiger charge is -2.16. The van der Waals surface area contributed by atoms with Crippen molar-refractivity contribution in [2.24, 2.45) is 0 Å². The van der Waals surface area contributed by atoms with Crippen LogP contribution in [-0.2, 0) is 11.3 Å². The Morgan fingerprint density at radius 2 is 1.83 bits per heavy atom. The molecule has 0 saturated heterocycles. The molecule has 5 rings (SSSR count). The monoisotopic (exact) mass is 452 g/mol. The molecule has 2 aliphatic heterocycles. The maximum Gasteiger partial charge on any atom is 0.261 e. The number of aromatic nitrogens is 2. The van der Waals surface area contributed by atoms with E-state index in [4.69, 9.17) is 0 Å². The van der Waals surface area contributed by atoms with E-state index in [0.29, 0.717) is 30.0 Å². The summed E-state index contributed by atoms with van der Waals surface area (Å²) in [5, 5.41) is 0. The van der Waals surface area contributed by atoms with Gasteiger partial charge in [0.1, 0.15) is 0 Å². The quantitative estimate of drug-likeness (QED) is 0.569. The molecule has 8 heteroatoms. The van der Waals surface area contributed by atoms with Crippen LogP contribution < -0.4 is 4.90 Å². The Kier molecular flexibility index (Phi) is 4.24. The number of rotatable bonds is 4. The van der Waals surface area contributed by atoms with Crippen LogP contribution in [0.3, 0.4) is 0 Å². The Hall–Kier alpha value is -3.00. The molecule has 0 N–H and O–H groups in total. The van der Waals surface area contributed by atoms with Crippen LogP contribution in [0.15, 0.2) is 46.9 Å². The van der Waals surface area contributed by atoms with Crippen molar-refractivity contribution >= 4 is 50.6 Å². The van der Waals surface area contributed by atoms with E-state index in [1.54, 1.807) is 23.1 Å². The first-order valence-electron chi connectivity index (χ1n) is 9.46. The van der Waals surface area contributed by atoms with Gasteiger partial charge in [0.15, 0.2) is 0 Å². The molecule has 2 aliphatic rings. The van der Waals surface area contributed by atoms with Gasteiger partial charge >= 0.3 is 0 Å². The van der Waals surface area contributed by atoms with E-state index in [1.165, 1.54) is 4.90 Å². The molecule has 3 heterocycles. The topological polar surface area (TPSA) is 75.5 Å². The lowest BCUT2D eigenvalue weighted by molar-refractivity contribution is -0.118. The number of imide groups is 1. The zero-order valence-electron chi connectivity index (χ0n) is 15.5. The largest absolute Gasteiger partial charge is 0.308 e. The number of anilines is 1. The molecule has 0 bridgehead atoms. The first kappa shape index (κ1) is 18.1. The summed E-state index contributed by atoms with van der Waals surface area (Å²) in [7, 11) is 0. The molecule has 3 aromatic rings. The maximum absolute atomic E-state index is 12.8. The highest BCUT2D eigenvalue weighted by molar-refractivity contribution is 9.10. The summed E-state index contributed by atoms with van der Waals surface area (Å²) in [6.07, 6.45) is 0.669. The van der Waals surface area contributed by atoms with Gasteiger partial charge in [0.2, 0.25) is 11.9 Å². The number of hydrogen-bond donors (Lipinski definition) is 0. The number of imidazole rings is 1. The van der Waals surface area contributed by atoms with Crippen molar-refractivity contribution in [2.75, 3.05) is 18.0 Å². The van der Waals surface area contributed by atoms with Crippen molar-refractivity contribution in [3.63, 3.8) is 0 Å². The summed E-state index contributed by atoms with van der Waals surface area (Å²) in [4.78, 5) is 45.3. The Labute approximate surface area is 175 Å². The van der Waals surface area contributed by atoms with Crippen LogP contribution in [0.1, 0.15) is 33.6 Å². The minimum Gasteiger partial charge on any atom is -0.308 e. The maximum atomic E-state index is 12.8. The molecule has 0 fully saturated rings. The fourth-order valence-corrected chi connectivity index (χ4v) is 4.38. The first-order chi connectivity index (χ1) is 14.0. The van der Waals surface area contributed by atoms with Gasteiger partial charge in [-0.3, -0.25) is 24.2 Å². The van der Waals surface area contributed by atoms with Gasteiger partial charge in [0, 0.05) is 30.5 Å². The normalized spacial score (nSPS) is 15.3. The molecule has 0 saturated carbocycles. The second-order valence-electron chi connectivity index (χ2n) is 7.15. The zero-order chi connectivity index (χ0) is 20.1. The fraction of sp³-hybridized carbons (Fsp3) is 0.238. The van der Waals surface area contributed by atoms with E-state index in [9.17, 15) is 14.4 Å². The van der Waals surface area contributed by atoms with E-state index in [-0.39, 0.29) is 30.7 Å². The minimum atomic E-state index is -0.304. The van der Waals surface area contributed by atoms with Gasteiger partial charge in [-0.25, -0.2) is 4.98 Å². The lowest BCUT2D eigenvalue weighted by Crippen LogP contribution is -2.33. The predicted octanol–water partition coefficient (Wildman–Crippen LogP) is 3.22. The molecule has 146 valence electrons. The van der Waals surface area contributed by atoms with Gasteiger partial charge in [-0.1, -0.05) is 28.1 Å². The molecule has 0 spiro atoms. The van der Waals surface area contributed by atoms with Crippen LogP contribution >= 0.6 is 15.9 Å². The highest BCUT2D eigenvalue weighted by Gasteiger charge is 2.35. The molecule has 0 aliphatic carbocycles. The number of para-hydroxylation sites is 2. The summed E-state index contributed by atoms with van der Waals surface area (Å²) in [6.45, 7) is 1.53. The number of benzene rings is 2. The first-order valence-corrected chi connectivity index (χ1v) is 10.3. The highest BCUT2D eigenvalue weighted by Crippen LogP contribution is 2.29. The third-order valence-electron chi connectivity index (χ3n) is 5.43. The van der Waals surface area contributed by atoms with E-state index < -0.39 is 0 Å². The van der Waals surface area contributed by atoms with Crippen molar-refractivity contribution < 1.29 is 14.4 Å². The Bertz CT molecular complexity index is 1190. The minimum absolute atomic E-state index is 0.0431. The molecular weight excluding hydrogens is 436 g/mol. The van der Waals surface area contributed by atoms with E-state index in [2.05, 4.69) is 25.5 Å². The lowest BCUT2D eigenvalue weighted by atomic mass is 10.1. The average molecular weight is 453 g/mol. The van der Waals surface area contributed by atoms with Crippen molar-refractivity contribution in [1.29, 1.82) is 0 Å². The second-order valence-corrected chi connectivity index (χ2v) is 8.07. The Balaban J connectivity index is 1.25. The molecule has 1 aromatic heterocycles. The molecular formula is C21H17BrN4O3. The Morgan fingerprint density at radius 1 is 1.03 bits per heavy atom. The van der Waals surface area contributed by atoms with Crippen molar-refractivity contribution in [1.82, 2.24) is 14.5 Å². The molecule has 0 radical (unpaired) electrons. The highest BCUT2D eigenvalue weighted by atomic mass is 79.9. The van der Waals surface area contributed by atoms with Crippen LogP contribution in [-0.4, -0.2) is 45.3 Å². The third kappa shape index (κ3) is 2.86. The van der Waals surface area contributed by atoms with Crippen LogP contribution in [0.25, 0.3) is 11.0 Å². The predicted molar refractivity (Wildman–Crippen MR) is 111 cm³/mol. The molecule has 2 aromatic carbocycles. The molecule has 0 atom stereocenters. The van der Waals surface area contributed by atoms with E-state index in [0.717, 1.165) is 22.1 Å². The summed E-state index contributed by atoms with van der Waals surface area (Å²) in [6, 6.07) is 12.9. The van der Waals surface area contributed by atoms with Crippen molar-refractivity contribution in [2.45, 2.75) is 19.4 Å². The fourth-order valence-electron chi connectivity index (χ4n) is 4.01. The average Bonchev–Trinajstić information content (AvgIpc) is 3.35. The second kappa shape index (κ2) is 6.81. The summed E-state index contributed by atoms with van der Waals surface area (Å²) >= 11 is 3.33. The van der Waals surface area contributed by atoms with Gasteiger partial charge in [-0.05, 0) is 36.8 Å². The molecule has 0 unspecified atom stereocenters. The Morgan fingerprint density at radius 3 is 2.69 bits per heavy atom. The van der Waals surface area contributed by atoms with Crippen LogP contribution in [0.4, 0.5) is 5.95 Å². The van der Waals surface area contributed by atoms with Crippen LogP contribution in [0.5, 0.6) is 0 Å². The van der Waals surface area contributed by atoms with Crippen LogP contribution in [0, 0.1) is 0 Å². The van der Waals surface area contributed by atoms with Crippen LogP contribution in [0.2, 0.25) is 0 Å². The summed E-state index contributed by atoms with van der Waals surface area (Å²) in [5.41, 5.74) is 2.72. The number of amides is 3. The molecule has 3 amide bonds. The van der Waals surface area contributed by atoms with E-state index in [1.807, 2.05) is 24.3 Å². The standard InChI is InChI=1S/C21H17BrN4O3/c22-13-7-8-14-15(12-13)20(29)26(19(14)28)9-3-6-18(27)25-11-10-24-17-5-2-1-4-16(17)23-21(24)25/h1-2,4-5,7-8,12H,3,6,9-11H2. The summed E-state index contributed by atoms with van der Waals surface area (Å²) in [5.74, 6) is 0.0230. The smallest absolute Gasteiger partial charge is 0.261 e. The molecule has 7 nitrogen and oxygen atoms in total. The number of nitrogens with zero attached hydrogens (tertiary/aromatic N) is 4. The van der Waals surface area contributed by atoms with E-state index >= 15 is 0 Å². The zero-order valence-corrected chi connectivity index (χ0v) is 17.1. The molecule has 29 heavy (non-hydrogen) atoms. The number of carbonyl (C=O) groups excluding carboxylic acids is 3. The van der Waals surface area contributed by atoms with Gasteiger partial charge < -0.3 is 4.57 Å². The summed E-state index contributed by atoms with van der Waals surface area (Å²) < 4.78 is 2.81. The SMILES string of the molecule is O=C1c2ccc(Br)cc2C(=O)N1CCCC(=O)N1CCn2c1nc1ccccc12. The number of hydrogen-bond acceptors (Lipinski definition) is 4.